The van der Waals surface area contributed by atoms with Crippen molar-refractivity contribution in [1.29, 1.82) is 0 Å². The van der Waals surface area contributed by atoms with Crippen LogP contribution in [-0.2, 0) is 33.4 Å². The minimum absolute atomic E-state index is 0.00634. The molecule has 13 heteroatoms. The number of nitrogens with one attached hydrogen (secondary N) is 1. The summed E-state index contributed by atoms with van der Waals surface area (Å²) in [7, 11) is 0. The second-order valence-electron chi connectivity index (χ2n) is 13.0. The monoisotopic (exact) mass is 597 g/mol. The van der Waals surface area contributed by atoms with Gasteiger partial charge in [0.05, 0.1) is 30.3 Å². The standard InChI is InChI=1S/C29H43NO12/c1-8-18(33)42-24-22-27(7,16(32)9-17-28(22,38)11-40-17)23(36)21(35)19-12(2)15(10-29(24,39)26(19,5)6)41-25(37)20(34)13(3)30-14(4)31/h13,15-17,20-22,24,32,34-35,38-39H,8-11H2,1-7H3,(H,30,31)/t13-,15?,16-,17+,20+,21+,22-,24-,27+,28-,29+/m0/s1. The first-order chi connectivity index (χ1) is 19.3. The van der Waals surface area contributed by atoms with Gasteiger partial charge in [0.1, 0.15) is 29.5 Å². The van der Waals surface area contributed by atoms with Gasteiger partial charge in [-0.3, -0.25) is 14.4 Å². The van der Waals surface area contributed by atoms with E-state index in [1.807, 2.05) is 0 Å². The lowest BCUT2D eigenvalue weighted by atomic mass is 9.45. The van der Waals surface area contributed by atoms with Crippen molar-refractivity contribution in [3.05, 3.63) is 11.1 Å². The SMILES string of the molecule is CCC(=O)O[C@H]1[C@@H]2[C@]3(O)CO[C@@H]3C[C@H](O)[C@@]2(C)C(=O)[C@H](O)C2=C(C)C(OC(=O)[C@H](O)[C@H](C)NC(C)=O)C[C@]1(O)C2(C)C. The number of ketones is 1. The maximum absolute atomic E-state index is 14.2. The molecule has 2 saturated carbocycles. The molecule has 1 amide bonds. The van der Waals surface area contributed by atoms with E-state index in [9.17, 15) is 44.7 Å². The number of fused-ring (bicyclic) bond motifs is 5. The molecule has 42 heavy (non-hydrogen) atoms. The summed E-state index contributed by atoms with van der Waals surface area (Å²) in [4.78, 5) is 51.6. The molecule has 2 bridgehead atoms. The molecule has 4 aliphatic rings. The fourth-order valence-electron chi connectivity index (χ4n) is 7.66. The topological polar surface area (TPSA) is 209 Å². The molecule has 0 aromatic rings. The van der Waals surface area contributed by atoms with Crippen molar-refractivity contribution in [3.63, 3.8) is 0 Å². The van der Waals surface area contributed by atoms with Crippen molar-refractivity contribution in [1.82, 2.24) is 5.32 Å². The normalized spacial score (nSPS) is 42.0. The molecule has 0 aromatic carbocycles. The van der Waals surface area contributed by atoms with Crippen LogP contribution in [-0.4, -0.2) is 110 Å². The lowest BCUT2D eigenvalue weighted by Crippen LogP contribution is -2.81. The molecule has 0 radical (unpaired) electrons. The average Bonchev–Trinajstić information content (AvgIpc) is 2.90. The Balaban J connectivity index is 1.91. The molecule has 6 N–H and O–H groups in total. The Hall–Kier alpha value is -2.42. The minimum atomic E-state index is -2.17. The minimum Gasteiger partial charge on any atom is -0.459 e. The van der Waals surface area contributed by atoms with E-state index < -0.39 is 101 Å². The number of esters is 2. The lowest BCUT2D eigenvalue weighted by molar-refractivity contribution is -0.345. The summed E-state index contributed by atoms with van der Waals surface area (Å²) in [6.07, 6.45) is -9.62. The van der Waals surface area contributed by atoms with Gasteiger partial charge in [-0.25, -0.2) is 4.79 Å². The third kappa shape index (κ3) is 4.51. The zero-order valence-corrected chi connectivity index (χ0v) is 25.0. The number of aliphatic hydroxyl groups is 5. The quantitative estimate of drug-likeness (QED) is 0.162. The number of ether oxygens (including phenoxy) is 3. The van der Waals surface area contributed by atoms with Gasteiger partial charge in [-0.15, -0.1) is 0 Å². The highest BCUT2D eigenvalue weighted by Gasteiger charge is 2.76. The third-order valence-electron chi connectivity index (χ3n) is 10.3. The van der Waals surface area contributed by atoms with Crippen LogP contribution in [0.15, 0.2) is 11.1 Å². The Kier molecular flexibility index (Phi) is 8.23. The van der Waals surface area contributed by atoms with Crippen LogP contribution in [0.4, 0.5) is 0 Å². The van der Waals surface area contributed by atoms with Crippen LogP contribution in [0.3, 0.4) is 0 Å². The van der Waals surface area contributed by atoms with Crippen molar-refractivity contribution >= 4 is 23.6 Å². The van der Waals surface area contributed by atoms with E-state index in [2.05, 4.69) is 5.32 Å². The van der Waals surface area contributed by atoms with Crippen molar-refractivity contribution in [2.45, 2.75) is 122 Å². The van der Waals surface area contributed by atoms with Crippen LogP contribution in [0.1, 0.15) is 67.7 Å². The van der Waals surface area contributed by atoms with Gasteiger partial charge in [0.2, 0.25) is 5.91 Å². The van der Waals surface area contributed by atoms with Crippen molar-refractivity contribution in [3.8, 4) is 0 Å². The van der Waals surface area contributed by atoms with Gasteiger partial charge in [-0.05, 0) is 31.9 Å². The summed E-state index contributed by atoms with van der Waals surface area (Å²) in [6.45, 7) is 9.90. The number of carbonyl (C=O) groups excluding carboxylic acids is 4. The maximum Gasteiger partial charge on any atom is 0.337 e. The van der Waals surface area contributed by atoms with Gasteiger partial charge in [-0.1, -0.05) is 20.8 Å². The Morgan fingerprint density at radius 1 is 1.14 bits per heavy atom. The van der Waals surface area contributed by atoms with E-state index in [1.54, 1.807) is 13.8 Å². The number of hydrogen-bond donors (Lipinski definition) is 6. The van der Waals surface area contributed by atoms with Crippen molar-refractivity contribution < 1.29 is 58.9 Å². The molecule has 1 unspecified atom stereocenters. The van der Waals surface area contributed by atoms with E-state index in [0.717, 1.165) is 0 Å². The Morgan fingerprint density at radius 3 is 2.29 bits per heavy atom. The van der Waals surface area contributed by atoms with Crippen LogP contribution >= 0.6 is 0 Å². The van der Waals surface area contributed by atoms with Gasteiger partial charge < -0.3 is 45.1 Å². The van der Waals surface area contributed by atoms with E-state index >= 15 is 0 Å². The zero-order valence-electron chi connectivity index (χ0n) is 25.0. The molecule has 1 saturated heterocycles. The Labute approximate surface area is 244 Å². The molecule has 1 heterocycles. The summed E-state index contributed by atoms with van der Waals surface area (Å²) < 4.78 is 17.1. The van der Waals surface area contributed by atoms with Crippen LogP contribution in [0.5, 0.6) is 0 Å². The number of Topliss-reactive ketones (excluding diaryl/α,β-unsaturated/α-hetero) is 1. The zero-order chi connectivity index (χ0) is 31.7. The molecule has 0 spiro atoms. The number of carbonyl (C=O) groups is 4. The first-order valence-electron chi connectivity index (χ1n) is 14.3. The van der Waals surface area contributed by atoms with Crippen molar-refractivity contribution in [2.75, 3.05) is 6.61 Å². The number of rotatable bonds is 6. The largest absolute Gasteiger partial charge is 0.459 e. The number of aliphatic hydroxyl groups excluding tert-OH is 3. The number of hydrogen-bond acceptors (Lipinski definition) is 12. The fourth-order valence-corrected chi connectivity index (χ4v) is 7.66. The van der Waals surface area contributed by atoms with Gasteiger partial charge in [-0.2, -0.15) is 0 Å². The fraction of sp³-hybridized carbons (Fsp3) is 0.793. The van der Waals surface area contributed by atoms with Gasteiger partial charge in [0, 0.05) is 37.5 Å². The highest BCUT2D eigenvalue weighted by atomic mass is 16.6. The van der Waals surface area contributed by atoms with Crippen LogP contribution < -0.4 is 5.32 Å². The Bertz CT molecular complexity index is 1200. The van der Waals surface area contributed by atoms with Gasteiger partial charge in [0.25, 0.3) is 0 Å². The summed E-state index contributed by atoms with van der Waals surface area (Å²) in [6, 6.07) is -1.02. The van der Waals surface area contributed by atoms with E-state index in [-0.39, 0.29) is 30.6 Å². The molecule has 13 nitrogen and oxygen atoms in total. The summed E-state index contributed by atoms with van der Waals surface area (Å²) in [5, 5.41) is 60.5. The van der Waals surface area contributed by atoms with Crippen molar-refractivity contribution in [2.24, 2.45) is 16.7 Å². The smallest absolute Gasteiger partial charge is 0.337 e. The van der Waals surface area contributed by atoms with Gasteiger partial charge >= 0.3 is 11.9 Å². The molecule has 3 fully saturated rings. The highest BCUT2D eigenvalue weighted by molar-refractivity contribution is 5.93. The van der Waals surface area contributed by atoms with Gasteiger partial charge in [0.15, 0.2) is 11.9 Å². The maximum atomic E-state index is 14.2. The van der Waals surface area contributed by atoms with Crippen LogP contribution in [0.2, 0.25) is 0 Å². The lowest BCUT2D eigenvalue weighted by Gasteiger charge is -2.66. The summed E-state index contributed by atoms with van der Waals surface area (Å²) in [5.74, 6) is -4.64. The highest BCUT2D eigenvalue weighted by Crippen LogP contribution is 2.63. The third-order valence-corrected chi connectivity index (χ3v) is 10.3. The molecule has 4 rings (SSSR count). The molecule has 3 aliphatic carbocycles. The first-order valence-corrected chi connectivity index (χ1v) is 14.3. The van der Waals surface area contributed by atoms with E-state index in [0.29, 0.717) is 0 Å². The second kappa shape index (κ2) is 10.6. The molecular formula is C29H43NO12. The van der Waals surface area contributed by atoms with E-state index in [1.165, 1.54) is 34.6 Å². The first kappa shape index (κ1) is 32.5. The molecule has 236 valence electrons. The molecule has 11 atom stereocenters. The summed E-state index contributed by atoms with van der Waals surface area (Å²) in [5.41, 5.74) is -7.11. The summed E-state index contributed by atoms with van der Waals surface area (Å²) >= 11 is 0. The Morgan fingerprint density at radius 2 is 1.76 bits per heavy atom. The predicted octanol–water partition coefficient (Wildman–Crippen LogP) is -0.956. The second-order valence-corrected chi connectivity index (χ2v) is 13.0. The van der Waals surface area contributed by atoms with Crippen LogP contribution in [0.25, 0.3) is 0 Å². The average molecular weight is 598 g/mol. The van der Waals surface area contributed by atoms with Crippen LogP contribution in [0, 0.1) is 16.7 Å². The van der Waals surface area contributed by atoms with E-state index in [4.69, 9.17) is 14.2 Å². The number of amides is 1. The molecular weight excluding hydrogens is 554 g/mol. The predicted molar refractivity (Wildman–Crippen MR) is 143 cm³/mol. The molecule has 1 aliphatic heterocycles. The molecule has 0 aromatic heterocycles.